The summed E-state index contributed by atoms with van der Waals surface area (Å²) in [5, 5.41) is 12.1. The summed E-state index contributed by atoms with van der Waals surface area (Å²) in [5.41, 5.74) is 3.47. The number of carbonyl (C=O) groups excluding carboxylic acids is 1. The minimum atomic E-state index is -0.341. The molecule has 4 heterocycles. The van der Waals surface area contributed by atoms with Crippen LogP contribution in [0.2, 0.25) is 5.02 Å². The van der Waals surface area contributed by atoms with Crippen molar-refractivity contribution in [3.63, 3.8) is 0 Å². The fraction of sp³-hybridized carbons (Fsp3) is 0.167. The largest absolute Gasteiger partial charge is 0.335 e. The van der Waals surface area contributed by atoms with Crippen LogP contribution in [0.1, 0.15) is 21.7 Å². The third-order valence-corrected chi connectivity index (χ3v) is 4.34. The second kappa shape index (κ2) is 6.48. The molecular weight excluding hydrogens is 368 g/mol. The van der Waals surface area contributed by atoms with Crippen molar-refractivity contribution in [3.05, 3.63) is 52.6 Å². The Balaban J connectivity index is 1.82. The molecule has 0 aliphatic rings. The van der Waals surface area contributed by atoms with E-state index < -0.39 is 0 Å². The molecule has 1 amide bonds. The Labute approximate surface area is 159 Å². The molecule has 1 N–H and O–H groups in total. The number of rotatable bonds is 3. The summed E-state index contributed by atoms with van der Waals surface area (Å²) in [5.74, 6) is 0.0499. The average molecular weight is 383 g/mol. The second-order valence-electron chi connectivity index (χ2n) is 6.12. The standard InChI is InChI=1S/C18H15ClN6O2/c1-9-13(8-25(3)23-9)14-6-12(16-10(2)24-27-18(16)21-14)17(26)22-15-5-4-11(19)7-20-15/h4-8H,1-3H3,(H,20,22,26). The van der Waals surface area contributed by atoms with Crippen LogP contribution in [0.15, 0.2) is 35.1 Å². The molecule has 0 aliphatic carbocycles. The average Bonchev–Trinajstić information content (AvgIpc) is 3.18. The van der Waals surface area contributed by atoms with E-state index in [2.05, 4.69) is 25.5 Å². The maximum Gasteiger partial charge on any atom is 0.259 e. The van der Waals surface area contributed by atoms with Gasteiger partial charge in [0.05, 0.1) is 33.1 Å². The number of aryl methyl sites for hydroxylation is 3. The van der Waals surface area contributed by atoms with Crippen LogP contribution in [0.3, 0.4) is 0 Å². The van der Waals surface area contributed by atoms with Gasteiger partial charge < -0.3 is 9.84 Å². The number of nitrogens with zero attached hydrogens (tertiary/aromatic N) is 5. The smallest absolute Gasteiger partial charge is 0.259 e. The number of fused-ring (bicyclic) bond motifs is 1. The van der Waals surface area contributed by atoms with Gasteiger partial charge in [0.1, 0.15) is 5.82 Å². The zero-order valence-electron chi connectivity index (χ0n) is 14.8. The summed E-state index contributed by atoms with van der Waals surface area (Å²) in [7, 11) is 1.83. The molecule has 0 aliphatic heterocycles. The van der Waals surface area contributed by atoms with Crippen LogP contribution in [-0.4, -0.2) is 30.8 Å². The molecular formula is C18H15ClN6O2. The number of nitrogens with one attached hydrogen (secondary N) is 1. The van der Waals surface area contributed by atoms with Crippen LogP contribution < -0.4 is 5.32 Å². The number of aromatic nitrogens is 5. The van der Waals surface area contributed by atoms with E-state index in [-0.39, 0.29) is 5.91 Å². The van der Waals surface area contributed by atoms with Gasteiger partial charge in [0.25, 0.3) is 11.6 Å². The van der Waals surface area contributed by atoms with E-state index in [0.29, 0.717) is 38.9 Å². The van der Waals surface area contributed by atoms with Gasteiger partial charge in [0, 0.05) is 25.0 Å². The molecule has 0 aromatic carbocycles. The number of amides is 1. The van der Waals surface area contributed by atoms with Crippen LogP contribution in [0, 0.1) is 13.8 Å². The predicted molar refractivity (Wildman–Crippen MR) is 101 cm³/mol. The summed E-state index contributed by atoms with van der Waals surface area (Å²) < 4.78 is 7.01. The molecule has 0 bridgehead atoms. The zero-order chi connectivity index (χ0) is 19.1. The van der Waals surface area contributed by atoms with Crippen LogP contribution in [0.25, 0.3) is 22.4 Å². The van der Waals surface area contributed by atoms with E-state index in [1.165, 1.54) is 6.20 Å². The zero-order valence-corrected chi connectivity index (χ0v) is 15.6. The third-order valence-electron chi connectivity index (χ3n) is 4.12. The lowest BCUT2D eigenvalue weighted by Gasteiger charge is -2.07. The van der Waals surface area contributed by atoms with Gasteiger partial charge in [-0.1, -0.05) is 16.8 Å². The number of hydrogen-bond donors (Lipinski definition) is 1. The van der Waals surface area contributed by atoms with E-state index >= 15 is 0 Å². The van der Waals surface area contributed by atoms with Crippen molar-refractivity contribution < 1.29 is 9.32 Å². The van der Waals surface area contributed by atoms with Gasteiger partial charge >= 0.3 is 0 Å². The summed E-state index contributed by atoms with van der Waals surface area (Å²) in [6.45, 7) is 3.64. The molecule has 0 spiro atoms. The topological polar surface area (TPSA) is 98.7 Å². The molecule has 27 heavy (non-hydrogen) atoms. The molecule has 9 heteroatoms. The Morgan fingerprint density at radius 1 is 1.26 bits per heavy atom. The first-order valence-electron chi connectivity index (χ1n) is 8.13. The normalized spacial score (nSPS) is 11.1. The van der Waals surface area contributed by atoms with Crippen molar-refractivity contribution in [1.29, 1.82) is 0 Å². The third kappa shape index (κ3) is 3.15. The van der Waals surface area contributed by atoms with Gasteiger partial charge in [-0.05, 0) is 32.0 Å². The van der Waals surface area contributed by atoms with Gasteiger partial charge in [-0.3, -0.25) is 9.48 Å². The number of hydrogen-bond acceptors (Lipinski definition) is 6. The highest BCUT2D eigenvalue weighted by Gasteiger charge is 2.21. The number of pyridine rings is 2. The lowest BCUT2D eigenvalue weighted by atomic mass is 10.1. The van der Waals surface area contributed by atoms with Gasteiger partial charge in [0.2, 0.25) is 0 Å². The lowest BCUT2D eigenvalue weighted by Crippen LogP contribution is -2.14. The summed E-state index contributed by atoms with van der Waals surface area (Å²) in [4.78, 5) is 21.5. The monoisotopic (exact) mass is 382 g/mol. The second-order valence-corrected chi connectivity index (χ2v) is 6.56. The number of halogens is 1. The van der Waals surface area contributed by atoms with Gasteiger partial charge in [0.15, 0.2) is 0 Å². The Bertz CT molecular complexity index is 1160. The summed E-state index contributed by atoms with van der Waals surface area (Å²) in [6.07, 6.45) is 3.31. The summed E-state index contributed by atoms with van der Waals surface area (Å²) in [6, 6.07) is 4.99. The van der Waals surface area contributed by atoms with Crippen LogP contribution in [0.4, 0.5) is 5.82 Å². The molecule has 0 atom stereocenters. The first-order chi connectivity index (χ1) is 12.9. The molecule has 0 radical (unpaired) electrons. The lowest BCUT2D eigenvalue weighted by molar-refractivity contribution is 0.102. The molecule has 0 fully saturated rings. The van der Waals surface area contributed by atoms with Gasteiger partial charge in [-0.2, -0.15) is 5.10 Å². The highest BCUT2D eigenvalue weighted by atomic mass is 35.5. The summed E-state index contributed by atoms with van der Waals surface area (Å²) >= 11 is 5.84. The Morgan fingerprint density at radius 3 is 2.74 bits per heavy atom. The van der Waals surface area contributed by atoms with Crippen molar-refractivity contribution in [2.45, 2.75) is 13.8 Å². The van der Waals surface area contributed by atoms with Crippen LogP contribution in [-0.2, 0) is 7.05 Å². The minimum Gasteiger partial charge on any atom is -0.335 e. The van der Waals surface area contributed by atoms with Gasteiger partial charge in [-0.25, -0.2) is 9.97 Å². The Hall–Kier alpha value is -3.26. The van der Waals surface area contributed by atoms with E-state index in [0.717, 1.165) is 11.3 Å². The van der Waals surface area contributed by atoms with E-state index in [9.17, 15) is 4.79 Å². The maximum absolute atomic E-state index is 12.9. The van der Waals surface area contributed by atoms with Gasteiger partial charge in [-0.15, -0.1) is 0 Å². The quantitative estimate of drug-likeness (QED) is 0.581. The van der Waals surface area contributed by atoms with Crippen molar-refractivity contribution in [1.82, 2.24) is 24.9 Å². The first-order valence-corrected chi connectivity index (χ1v) is 8.50. The fourth-order valence-corrected chi connectivity index (χ4v) is 3.01. The van der Waals surface area contributed by atoms with E-state index in [4.69, 9.17) is 16.1 Å². The van der Waals surface area contributed by atoms with E-state index in [1.54, 1.807) is 29.8 Å². The molecule has 4 aromatic heterocycles. The fourth-order valence-electron chi connectivity index (χ4n) is 2.90. The minimum absolute atomic E-state index is 0.294. The SMILES string of the molecule is Cc1nn(C)cc1-c1cc(C(=O)Nc2ccc(Cl)cn2)c2c(C)noc2n1. The van der Waals surface area contributed by atoms with Crippen molar-refractivity contribution in [2.75, 3.05) is 5.32 Å². The molecule has 0 saturated carbocycles. The van der Waals surface area contributed by atoms with Crippen molar-refractivity contribution >= 4 is 34.4 Å². The molecule has 4 rings (SSSR count). The molecule has 0 saturated heterocycles. The molecule has 0 unspecified atom stereocenters. The highest BCUT2D eigenvalue weighted by Crippen LogP contribution is 2.28. The molecule has 8 nitrogen and oxygen atoms in total. The molecule has 136 valence electrons. The predicted octanol–water partition coefficient (Wildman–Crippen LogP) is 3.54. The Morgan fingerprint density at radius 2 is 2.07 bits per heavy atom. The van der Waals surface area contributed by atoms with Crippen molar-refractivity contribution in [3.8, 4) is 11.3 Å². The van der Waals surface area contributed by atoms with E-state index in [1.807, 2.05) is 20.2 Å². The number of carbonyl (C=O) groups is 1. The van der Waals surface area contributed by atoms with Crippen molar-refractivity contribution in [2.24, 2.45) is 7.05 Å². The van der Waals surface area contributed by atoms with Crippen LogP contribution in [0.5, 0.6) is 0 Å². The number of anilines is 1. The van der Waals surface area contributed by atoms with Crippen LogP contribution >= 0.6 is 11.6 Å². The molecule has 4 aromatic rings. The highest BCUT2D eigenvalue weighted by molar-refractivity contribution is 6.30. The Kier molecular flexibility index (Phi) is 4.12. The maximum atomic E-state index is 12.9. The first kappa shape index (κ1) is 17.2.